The third-order valence-electron chi connectivity index (χ3n) is 3.47. The van der Waals surface area contributed by atoms with Crippen LogP contribution in [-0.2, 0) is 4.79 Å². The third-order valence-corrected chi connectivity index (χ3v) is 3.47. The molecular formula is C11H23N3O. The van der Waals surface area contributed by atoms with Crippen LogP contribution in [-0.4, -0.2) is 54.5 Å². The van der Waals surface area contributed by atoms with Gasteiger partial charge in [-0.3, -0.25) is 4.79 Å². The smallest absolute Gasteiger partial charge is 0.239 e. The number of carbonyl (C=O) groups is 1. The van der Waals surface area contributed by atoms with E-state index in [1.807, 2.05) is 11.9 Å². The second kappa shape index (κ2) is 4.94. The molecule has 0 saturated carbocycles. The lowest BCUT2D eigenvalue weighted by atomic mass is 9.97. The summed E-state index contributed by atoms with van der Waals surface area (Å²) in [6.45, 7) is 5.01. The largest absolute Gasteiger partial charge is 0.341 e. The van der Waals surface area contributed by atoms with E-state index in [2.05, 4.69) is 18.9 Å². The minimum Gasteiger partial charge on any atom is -0.341 e. The molecule has 2 N–H and O–H groups in total. The van der Waals surface area contributed by atoms with Crippen molar-refractivity contribution in [1.29, 1.82) is 0 Å². The predicted octanol–water partition coefficient (Wildman–Crippen LogP) is 0.275. The van der Waals surface area contributed by atoms with E-state index in [-0.39, 0.29) is 11.9 Å². The van der Waals surface area contributed by atoms with E-state index < -0.39 is 0 Å². The second-order valence-electron chi connectivity index (χ2n) is 4.75. The maximum absolute atomic E-state index is 11.7. The highest BCUT2D eigenvalue weighted by molar-refractivity contribution is 5.81. The minimum atomic E-state index is -0.384. The molecule has 0 aromatic carbocycles. The first-order valence-electron chi connectivity index (χ1n) is 5.66. The zero-order chi connectivity index (χ0) is 11.6. The first kappa shape index (κ1) is 12.5. The summed E-state index contributed by atoms with van der Waals surface area (Å²) in [5, 5.41) is 0. The van der Waals surface area contributed by atoms with Gasteiger partial charge in [0, 0.05) is 25.7 Å². The van der Waals surface area contributed by atoms with E-state index in [0.717, 1.165) is 19.4 Å². The lowest BCUT2D eigenvalue weighted by Crippen LogP contribution is -2.51. The Bertz CT molecular complexity index is 230. The molecule has 15 heavy (non-hydrogen) atoms. The Morgan fingerprint density at radius 2 is 2.20 bits per heavy atom. The van der Waals surface area contributed by atoms with Crippen molar-refractivity contribution >= 4 is 5.91 Å². The molecule has 0 aliphatic carbocycles. The number of piperidine rings is 1. The summed E-state index contributed by atoms with van der Waals surface area (Å²) in [5.41, 5.74) is 5.60. The fraction of sp³-hybridized carbons (Fsp3) is 0.909. The number of hydrogen-bond donors (Lipinski definition) is 1. The van der Waals surface area contributed by atoms with Crippen LogP contribution in [0.15, 0.2) is 0 Å². The minimum absolute atomic E-state index is 0.0525. The number of likely N-dealkylation sites (N-methyl/N-ethyl adjacent to an activating group) is 1. The zero-order valence-corrected chi connectivity index (χ0v) is 10.2. The molecule has 0 spiro atoms. The molecule has 2 unspecified atom stereocenters. The number of likely N-dealkylation sites (tertiary alicyclic amines) is 1. The maximum atomic E-state index is 11.7. The van der Waals surface area contributed by atoms with Crippen LogP contribution in [0.25, 0.3) is 0 Å². The molecule has 1 aliphatic heterocycles. The van der Waals surface area contributed by atoms with Gasteiger partial charge in [0.15, 0.2) is 0 Å². The fourth-order valence-corrected chi connectivity index (χ4v) is 2.12. The molecule has 0 aromatic heterocycles. The molecule has 88 valence electrons. The standard InChI is InChI=1S/C11H23N3O/c1-8-7-10(5-6-13(8)3)14(4)11(15)9(2)12/h8-10H,5-7,12H2,1-4H3/t8?,9-,10?/m1/s1. The van der Waals surface area contributed by atoms with Crippen molar-refractivity contribution in [1.82, 2.24) is 9.80 Å². The van der Waals surface area contributed by atoms with Gasteiger partial charge in [0.1, 0.15) is 0 Å². The van der Waals surface area contributed by atoms with E-state index in [0.29, 0.717) is 12.1 Å². The van der Waals surface area contributed by atoms with Crippen molar-refractivity contribution < 1.29 is 4.79 Å². The third kappa shape index (κ3) is 2.92. The molecule has 1 fully saturated rings. The molecule has 1 heterocycles. The number of hydrogen-bond acceptors (Lipinski definition) is 3. The Balaban J connectivity index is 2.54. The van der Waals surface area contributed by atoms with Crippen molar-refractivity contribution in [3.05, 3.63) is 0 Å². The second-order valence-corrected chi connectivity index (χ2v) is 4.75. The lowest BCUT2D eigenvalue weighted by Gasteiger charge is -2.39. The Hall–Kier alpha value is -0.610. The Kier molecular flexibility index (Phi) is 4.11. The first-order valence-corrected chi connectivity index (χ1v) is 5.66. The summed E-state index contributed by atoms with van der Waals surface area (Å²) in [5.74, 6) is 0.0525. The van der Waals surface area contributed by atoms with Crippen molar-refractivity contribution in [3.8, 4) is 0 Å². The molecule has 1 aliphatic rings. The number of nitrogens with two attached hydrogens (primary N) is 1. The van der Waals surface area contributed by atoms with E-state index in [1.165, 1.54) is 0 Å². The van der Waals surface area contributed by atoms with E-state index in [1.54, 1.807) is 6.92 Å². The van der Waals surface area contributed by atoms with Crippen molar-refractivity contribution in [2.45, 2.75) is 44.8 Å². The number of carbonyl (C=O) groups excluding carboxylic acids is 1. The summed E-state index contributed by atoms with van der Waals surface area (Å²) in [7, 11) is 4.00. The number of amides is 1. The van der Waals surface area contributed by atoms with Gasteiger partial charge >= 0.3 is 0 Å². The van der Waals surface area contributed by atoms with Crippen LogP contribution >= 0.6 is 0 Å². The number of nitrogens with zero attached hydrogens (tertiary/aromatic N) is 2. The Morgan fingerprint density at radius 1 is 1.60 bits per heavy atom. The fourth-order valence-electron chi connectivity index (χ4n) is 2.12. The van der Waals surface area contributed by atoms with Gasteiger partial charge in [-0.15, -0.1) is 0 Å². The molecular weight excluding hydrogens is 190 g/mol. The average molecular weight is 213 g/mol. The van der Waals surface area contributed by atoms with Crippen LogP contribution in [0, 0.1) is 0 Å². The maximum Gasteiger partial charge on any atom is 0.239 e. The topological polar surface area (TPSA) is 49.6 Å². The van der Waals surface area contributed by atoms with Crippen LogP contribution in [0.4, 0.5) is 0 Å². The molecule has 4 nitrogen and oxygen atoms in total. The van der Waals surface area contributed by atoms with Gasteiger partial charge in [-0.2, -0.15) is 0 Å². The molecule has 0 bridgehead atoms. The summed E-state index contributed by atoms with van der Waals surface area (Å²) < 4.78 is 0. The summed E-state index contributed by atoms with van der Waals surface area (Å²) in [6.07, 6.45) is 2.10. The van der Waals surface area contributed by atoms with Gasteiger partial charge in [-0.1, -0.05) is 0 Å². The van der Waals surface area contributed by atoms with Crippen LogP contribution in [0.2, 0.25) is 0 Å². The number of rotatable bonds is 2. The van der Waals surface area contributed by atoms with Crippen LogP contribution in [0.5, 0.6) is 0 Å². The predicted molar refractivity (Wildman–Crippen MR) is 61.5 cm³/mol. The van der Waals surface area contributed by atoms with Gasteiger partial charge < -0.3 is 15.5 Å². The van der Waals surface area contributed by atoms with Gasteiger partial charge in [-0.25, -0.2) is 0 Å². The molecule has 0 aromatic rings. The summed E-state index contributed by atoms with van der Waals surface area (Å²) >= 11 is 0. The molecule has 1 rings (SSSR count). The van der Waals surface area contributed by atoms with Crippen molar-refractivity contribution in [2.75, 3.05) is 20.6 Å². The Labute approximate surface area is 92.4 Å². The zero-order valence-electron chi connectivity index (χ0n) is 10.2. The van der Waals surface area contributed by atoms with Crippen molar-refractivity contribution in [3.63, 3.8) is 0 Å². The van der Waals surface area contributed by atoms with Gasteiger partial charge in [0.2, 0.25) is 5.91 Å². The van der Waals surface area contributed by atoms with Gasteiger partial charge in [0.05, 0.1) is 6.04 Å². The molecule has 1 amide bonds. The van der Waals surface area contributed by atoms with Crippen LogP contribution in [0.3, 0.4) is 0 Å². The first-order chi connectivity index (χ1) is 6.93. The monoisotopic (exact) mass is 213 g/mol. The highest BCUT2D eigenvalue weighted by atomic mass is 16.2. The molecule has 0 radical (unpaired) electrons. The Morgan fingerprint density at radius 3 is 2.67 bits per heavy atom. The lowest BCUT2D eigenvalue weighted by molar-refractivity contribution is -0.134. The summed E-state index contributed by atoms with van der Waals surface area (Å²) in [6, 6.07) is 0.520. The average Bonchev–Trinajstić information content (AvgIpc) is 2.19. The van der Waals surface area contributed by atoms with Crippen molar-refractivity contribution in [2.24, 2.45) is 5.73 Å². The normalized spacial score (nSPS) is 29.9. The van der Waals surface area contributed by atoms with Gasteiger partial charge in [-0.05, 0) is 33.7 Å². The van der Waals surface area contributed by atoms with Gasteiger partial charge in [0.25, 0.3) is 0 Å². The molecule has 4 heteroatoms. The quantitative estimate of drug-likeness (QED) is 0.716. The highest BCUT2D eigenvalue weighted by Gasteiger charge is 2.28. The van der Waals surface area contributed by atoms with E-state index in [4.69, 9.17) is 5.73 Å². The summed E-state index contributed by atoms with van der Waals surface area (Å²) in [4.78, 5) is 15.9. The van der Waals surface area contributed by atoms with E-state index in [9.17, 15) is 4.79 Å². The SMILES string of the molecule is CC1CC(N(C)C(=O)[C@@H](C)N)CCN1C. The highest BCUT2D eigenvalue weighted by Crippen LogP contribution is 2.19. The van der Waals surface area contributed by atoms with E-state index >= 15 is 0 Å². The van der Waals surface area contributed by atoms with Crippen LogP contribution < -0.4 is 5.73 Å². The molecule has 3 atom stereocenters. The van der Waals surface area contributed by atoms with Crippen LogP contribution in [0.1, 0.15) is 26.7 Å². The molecule has 1 saturated heterocycles.